The van der Waals surface area contributed by atoms with E-state index in [0.717, 1.165) is 25.3 Å². The zero-order valence-electron chi connectivity index (χ0n) is 12.8. The molecule has 1 N–H and O–H groups in total. The standard InChI is InChI=1S/C14H13ClFNO6S/c1-7(18)22-11-12(19)14(2,23-13(11)17-24(3,20)21)9-6-8(16)4-5-10(9)15/h4-6,17H,1-3H3. The minimum Gasteiger partial charge on any atom is -0.456 e. The summed E-state index contributed by atoms with van der Waals surface area (Å²) in [5, 5.41) is 0.0232. The third-order valence-corrected chi connectivity index (χ3v) is 4.00. The van der Waals surface area contributed by atoms with Crippen LogP contribution < -0.4 is 4.72 Å². The van der Waals surface area contributed by atoms with Crippen molar-refractivity contribution in [2.75, 3.05) is 6.26 Å². The molecule has 1 aliphatic rings. The summed E-state index contributed by atoms with van der Waals surface area (Å²) >= 11 is 6.00. The van der Waals surface area contributed by atoms with Crippen molar-refractivity contribution in [2.24, 2.45) is 0 Å². The van der Waals surface area contributed by atoms with Gasteiger partial charge >= 0.3 is 5.97 Å². The average Bonchev–Trinajstić information content (AvgIpc) is 2.64. The molecule has 130 valence electrons. The Balaban J connectivity index is 2.55. The lowest BCUT2D eigenvalue weighted by atomic mass is 9.91. The molecule has 0 radical (unpaired) electrons. The molecule has 0 bridgehead atoms. The minimum atomic E-state index is -3.83. The van der Waals surface area contributed by atoms with Gasteiger partial charge in [-0.3, -0.25) is 14.3 Å². The van der Waals surface area contributed by atoms with Gasteiger partial charge in [-0.25, -0.2) is 12.8 Å². The fraction of sp³-hybridized carbons (Fsp3) is 0.286. The molecule has 0 amide bonds. The molecule has 2 rings (SSSR count). The highest BCUT2D eigenvalue weighted by Crippen LogP contribution is 2.41. The van der Waals surface area contributed by atoms with Crippen molar-refractivity contribution >= 4 is 33.4 Å². The van der Waals surface area contributed by atoms with Crippen LogP contribution in [0, 0.1) is 5.82 Å². The van der Waals surface area contributed by atoms with Gasteiger partial charge in [0.25, 0.3) is 5.78 Å². The number of carbonyl (C=O) groups excluding carboxylic acids is 2. The number of halogens is 2. The topological polar surface area (TPSA) is 98.8 Å². The van der Waals surface area contributed by atoms with Crippen molar-refractivity contribution in [2.45, 2.75) is 19.4 Å². The van der Waals surface area contributed by atoms with Gasteiger partial charge in [-0.05, 0) is 25.1 Å². The largest absolute Gasteiger partial charge is 0.456 e. The van der Waals surface area contributed by atoms with E-state index in [2.05, 4.69) is 0 Å². The first-order chi connectivity index (χ1) is 10.9. The normalized spacial score (nSPS) is 20.8. The van der Waals surface area contributed by atoms with E-state index in [4.69, 9.17) is 21.1 Å². The highest BCUT2D eigenvalue weighted by Gasteiger charge is 2.51. The van der Waals surface area contributed by atoms with E-state index in [1.54, 1.807) is 0 Å². The molecule has 1 aromatic rings. The lowest BCUT2D eigenvalue weighted by Crippen LogP contribution is -2.33. The van der Waals surface area contributed by atoms with Crippen molar-refractivity contribution in [1.29, 1.82) is 0 Å². The fourth-order valence-corrected chi connectivity index (χ4v) is 2.90. The first-order valence-corrected chi connectivity index (χ1v) is 8.81. The summed E-state index contributed by atoms with van der Waals surface area (Å²) in [4.78, 5) is 23.8. The third-order valence-electron chi connectivity index (χ3n) is 3.12. The first-order valence-electron chi connectivity index (χ1n) is 6.54. The lowest BCUT2D eigenvalue weighted by Gasteiger charge is -2.24. The van der Waals surface area contributed by atoms with E-state index in [1.807, 2.05) is 4.72 Å². The van der Waals surface area contributed by atoms with Crippen LogP contribution >= 0.6 is 11.6 Å². The molecular weight excluding hydrogens is 365 g/mol. The maximum Gasteiger partial charge on any atom is 0.308 e. The number of hydrogen-bond donors (Lipinski definition) is 1. The Morgan fingerprint density at radius 1 is 1.42 bits per heavy atom. The summed E-state index contributed by atoms with van der Waals surface area (Å²) in [6.45, 7) is 2.29. The maximum absolute atomic E-state index is 13.5. The highest BCUT2D eigenvalue weighted by atomic mass is 35.5. The Morgan fingerprint density at radius 2 is 2.04 bits per heavy atom. The van der Waals surface area contributed by atoms with E-state index in [-0.39, 0.29) is 10.6 Å². The second kappa shape index (κ2) is 6.06. The quantitative estimate of drug-likeness (QED) is 0.800. The van der Waals surface area contributed by atoms with Gasteiger partial charge in [-0.1, -0.05) is 11.6 Å². The highest BCUT2D eigenvalue weighted by molar-refractivity contribution is 7.88. The number of rotatable bonds is 4. The van der Waals surface area contributed by atoms with E-state index < -0.39 is 44.8 Å². The SMILES string of the molecule is CC(=O)OC1=C(NS(C)(=O)=O)OC(C)(c2cc(F)ccc2Cl)C1=O. The fourth-order valence-electron chi connectivity index (χ4n) is 2.13. The zero-order chi connectivity index (χ0) is 18.3. The van der Waals surface area contributed by atoms with Gasteiger partial charge in [0, 0.05) is 17.5 Å². The smallest absolute Gasteiger partial charge is 0.308 e. The molecule has 1 unspecified atom stereocenters. The monoisotopic (exact) mass is 377 g/mol. The zero-order valence-corrected chi connectivity index (χ0v) is 14.4. The predicted octanol–water partition coefficient (Wildman–Crippen LogP) is 1.58. The number of nitrogens with one attached hydrogen (secondary N) is 1. The third kappa shape index (κ3) is 3.51. The Hall–Kier alpha value is -2.13. The molecule has 7 nitrogen and oxygen atoms in total. The van der Waals surface area contributed by atoms with Crippen LogP contribution in [0.25, 0.3) is 0 Å². The van der Waals surface area contributed by atoms with Gasteiger partial charge in [-0.15, -0.1) is 0 Å². The molecule has 0 spiro atoms. The molecule has 24 heavy (non-hydrogen) atoms. The number of hydrogen-bond acceptors (Lipinski definition) is 6. The number of esters is 1. The van der Waals surface area contributed by atoms with Gasteiger partial charge in [0.2, 0.25) is 27.3 Å². The van der Waals surface area contributed by atoms with E-state index in [1.165, 1.54) is 13.0 Å². The Bertz CT molecular complexity index is 866. The summed E-state index contributed by atoms with van der Waals surface area (Å²) in [7, 11) is -3.83. The van der Waals surface area contributed by atoms with Crippen LogP contribution in [-0.4, -0.2) is 26.4 Å². The second-order valence-electron chi connectivity index (χ2n) is 5.21. The van der Waals surface area contributed by atoms with Crippen LogP contribution in [0.4, 0.5) is 4.39 Å². The molecule has 1 aromatic carbocycles. The van der Waals surface area contributed by atoms with Gasteiger partial charge in [0.1, 0.15) is 5.82 Å². The van der Waals surface area contributed by atoms with Crippen molar-refractivity contribution in [3.63, 3.8) is 0 Å². The van der Waals surface area contributed by atoms with E-state index in [0.29, 0.717) is 0 Å². The van der Waals surface area contributed by atoms with Crippen LogP contribution in [0.1, 0.15) is 19.4 Å². The van der Waals surface area contributed by atoms with Crippen LogP contribution in [-0.2, 0) is 34.7 Å². The van der Waals surface area contributed by atoms with Crippen LogP contribution in [0.15, 0.2) is 29.8 Å². The number of ether oxygens (including phenoxy) is 2. The van der Waals surface area contributed by atoms with Gasteiger partial charge in [-0.2, -0.15) is 0 Å². The Labute approximate surface area is 142 Å². The molecule has 0 aliphatic carbocycles. The first kappa shape index (κ1) is 18.2. The molecule has 1 aliphatic heterocycles. The van der Waals surface area contributed by atoms with Gasteiger partial charge in [0.15, 0.2) is 0 Å². The summed E-state index contributed by atoms with van der Waals surface area (Å²) in [6.07, 6.45) is 0.823. The summed E-state index contributed by atoms with van der Waals surface area (Å²) in [5.74, 6) is -3.61. The molecule has 0 saturated heterocycles. The number of sulfonamides is 1. The number of carbonyl (C=O) groups is 2. The molecular formula is C14H13ClFNO6S. The molecule has 10 heteroatoms. The molecule has 1 atom stereocenters. The predicted molar refractivity (Wildman–Crippen MR) is 81.6 cm³/mol. The minimum absolute atomic E-state index is 0.0232. The van der Waals surface area contributed by atoms with Crippen molar-refractivity contribution < 1.29 is 31.9 Å². The van der Waals surface area contributed by atoms with E-state index >= 15 is 0 Å². The van der Waals surface area contributed by atoms with Gasteiger partial charge in [0.05, 0.1) is 6.26 Å². The summed E-state index contributed by atoms with van der Waals surface area (Å²) in [6, 6.07) is 3.29. The maximum atomic E-state index is 13.5. The van der Waals surface area contributed by atoms with Crippen molar-refractivity contribution in [3.05, 3.63) is 46.2 Å². The Kier molecular flexibility index (Phi) is 4.60. The molecule has 0 aromatic heterocycles. The summed E-state index contributed by atoms with van der Waals surface area (Å²) in [5.41, 5.74) is -1.90. The molecule has 1 heterocycles. The van der Waals surface area contributed by atoms with E-state index in [9.17, 15) is 22.4 Å². The summed E-state index contributed by atoms with van der Waals surface area (Å²) < 4.78 is 48.5. The second-order valence-corrected chi connectivity index (χ2v) is 7.37. The van der Waals surface area contributed by atoms with Gasteiger partial charge < -0.3 is 9.47 Å². The molecule has 0 saturated carbocycles. The number of Topliss-reactive ketones (excluding diaryl/α,β-unsaturated/α-hetero) is 1. The Morgan fingerprint density at radius 3 is 2.58 bits per heavy atom. The molecule has 0 fully saturated rings. The van der Waals surface area contributed by atoms with Crippen molar-refractivity contribution in [3.8, 4) is 0 Å². The lowest BCUT2D eigenvalue weighted by molar-refractivity contribution is -0.142. The average molecular weight is 378 g/mol. The number of benzene rings is 1. The van der Waals surface area contributed by atoms with Crippen LogP contribution in [0.5, 0.6) is 0 Å². The van der Waals surface area contributed by atoms with Crippen molar-refractivity contribution in [1.82, 2.24) is 4.72 Å². The van der Waals surface area contributed by atoms with Crippen LogP contribution in [0.2, 0.25) is 5.02 Å². The number of ketones is 1. The van der Waals surface area contributed by atoms with Crippen LogP contribution in [0.3, 0.4) is 0 Å².